The van der Waals surface area contributed by atoms with Crippen LogP contribution in [0.2, 0.25) is 0 Å². The second-order valence-electron chi connectivity index (χ2n) is 7.44. The first-order chi connectivity index (χ1) is 13.7. The van der Waals surface area contributed by atoms with Crippen LogP contribution in [0.5, 0.6) is 0 Å². The van der Waals surface area contributed by atoms with Crippen molar-refractivity contribution in [1.82, 2.24) is 9.62 Å². The van der Waals surface area contributed by atoms with Crippen molar-refractivity contribution in [2.45, 2.75) is 24.9 Å². The number of carbonyl (C=O) groups is 1. The number of rotatable bonds is 2. The Balaban J connectivity index is 1.46. The molecule has 0 spiro atoms. The maximum atomic E-state index is 13.5. The van der Waals surface area contributed by atoms with Crippen LogP contribution in [0.4, 0.5) is 15.8 Å². The lowest BCUT2D eigenvalue weighted by Crippen LogP contribution is -2.58. The van der Waals surface area contributed by atoms with Crippen LogP contribution in [0.3, 0.4) is 0 Å². The fraction of sp³-hybridized carbons (Fsp3) is 0.350. The number of halogens is 1. The minimum atomic E-state index is -3.89. The Hall–Kier alpha value is -2.65. The zero-order chi connectivity index (χ0) is 20.8. The first-order valence-corrected chi connectivity index (χ1v) is 10.9. The van der Waals surface area contributed by atoms with Crippen molar-refractivity contribution in [3.63, 3.8) is 0 Å². The standard InChI is InChI=1S/C20H23FN4O3S/c1-13-3-5-17(14(2)11-13)24-7-9-25(10-8-24)20(26)19-22-16-12-15(21)4-6-18(16)29(27,28)23-19/h3-6,11-12,19,22-23H,7-10H2,1-2H3/t19-/m0/s1. The van der Waals surface area contributed by atoms with Gasteiger partial charge < -0.3 is 15.1 Å². The summed E-state index contributed by atoms with van der Waals surface area (Å²) in [5.41, 5.74) is 3.62. The molecule has 0 saturated carbocycles. The molecular weight excluding hydrogens is 395 g/mol. The molecule has 0 radical (unpaired) electrons. The number of sulfonamides is 1. The molecule has 2 N–H and O–H groups in total. The van der Waals surface area contributed by atoms with Crippen molar-refractivity contribution in [3.8, 4) is 0 Å². The lowest BCUT2D eigenvalue weighted by atomic mass is 10.1. The van der Waals surface area contributed by atoms with Crippen molar-refractivity contribution in [3.05, 3.63) is 53.3 Å². The molecule has 1 saturated heterocycles. The van der Waals surface area contributed by atoms with Crippen LogP contribution >= 0.6 is 0 Å². The summed E-state index contributed by atoms with van der Waals surface area (Å²) in [5.74, 6) is -0.939. The molecule has 0 aliphatic carbocycles. The third-order valence-electron chi connectivity index (χ3n) is 5.34. The lowest BCUT2D eigenvalue weighted by Gasteiger charge is -2.39. The van der Waals surface area contributed by atoms with Crippen molar-refractivity contribution in [2.24, 2.45) is 0 Å². The van der Waals surface area contributed by atoms with Crippen LogP contribution in [0, 0.1) is 19.7 Å². The molecule has 2 aliphatic heterocycles. The molecule has 0 aromatic heterocycles. The zero-order valence-electron chi connectivity index (χ0n) is 16.3. The normalized spacial score (nSPS) is 20.7. The van der Waals surface area contributed by atoms with Crippen LogP contribution in [0.15, 0.2) is 41.3 Å². The van der Waals surface area contributed by atoms with Gasteiger partial charge in [0, 0.05) is 31.9 Å². The number of piperazine rings is 1. The van der Waals surface area contributed by atoms with E-state index in [2.05, 4.69) is 47.0 Å². The van der Waals surface area contributed by atoms with Crippen molar-refractivity contribution >= 4 is 27.3 Å². The molecule has 154 valence electrons. The van der Waals surface area contributed by atoms with Gasteiger partial charge in [0.05, 0.1) is 5.69 Å². The maximum Gasteiger partial charge on any atom is 0.261 e. The van der Waals surface area contributed by atoms with Gasteiger partial charge in [-0.05, 0) is 43.7 Å². The van der Waals surface area contributed by atoms with Crippen LogP contribution in [-0.2, 0) is 14.8 Å². The summed E-state index contributed by atoms with van der Waals surface area (Å²) in [6, 6.07) is 9.63. The van der Waals surface area contributed by atoms with E-state index >= 15 is 0 Å². The zero-order valence-corrected chi connectivity index (χ0v) is 17.1. The largest absolute Gasteiger partial charge is 0.368 e. The van der Waals surface area contributed by atoms with E-state index in [1.807, 2.05) is 0 Å². The molecule has 9 heteroatoms. The molecule has 7 nitrogen and oxygen atoms in total. The summed E-state index contributed by atoms with van der Waals surface area (Å²) in [4.78, 5) is 16.7. The summed E-state index contributed by atoms with van der Waals surface area (Å²) in [6.07, 6.45) is -1.15. The van der Waals surface area contributed by atoms with E-state index in [1.54, 1.807) is 4.90 Å². The highest BCUT2D eigenvalue weighted by atomic mass is 32.2. The SMILES string of the molecule is Cc1ccc(N2CCN(C(=O)[C@H]3Nc4cc(F)ccc4S(=O)(=O)N3)CC2)c(C)c1. The summed E-state index contributed by atoms with van der Waals surface area (Å²) >= 11 is 0. The summed E-state index contributed by atoms with van der Waals surface area (Å²) in [6.45, 7) is 6.37. The average Bonchev–Trinajstić information content (AvgIpc) is 2.66. The number of amides is 1. The first-order valence-electron chi connectivity index (χ1n) is 9.44. The molecule has 4 rings (SSSR count). The molecule has 1 amide bonds. The maximum absolute atomic E-state index is 13.5. The van der Waals surface area contributed by atoms with Crippen LogP contribution < -0.4 is 14.9 Å². The Morgan fingerprint density at radius 3 is 2.48 bits per heavy atom. The summed E-state index contributed by atoms with van der Waals surface area (Å²) < 4.78 is 40.8. The highest BCUT2D eigenvalue weighted by molar-refractivity contribution is 7.89. The predicted octanol–water partition coefficient (Wildman–Crippen LogP) is 1.82. The van der Waals surface area contributed by atoms with Gasteiger partial charge >= 0.3 is 0 Å². The number of nitrogens with zero attached hydrogens (tertiary/aromatic N) is 2. The smallest absolute Gasteiger partial charge is 0.261 e. The highest BCUT2D eigenvalue weighted by Crippen LogP contribution is 2.28. The van der Waals surface area contributed by atoms with Crippen molar-refractivity contribution in [1.29, 1.82) is 0 Å². The molecule has 29 heavy (non-hydrogen) atoms. The minimum Gasteiger partial charge on any atom is -0.368 e. The molecule has 2 aliphatic rings. The van der Waals surface area contributed by atoms with E-state index < -0.39 is 22.0 Å². The number of aryl methyl sites for hydroxylation is 2. The van der Waals surface area contributed by atoms with E-state index in [-0.39, 0.29) is 16.5 Å². The fourth-order valence-electron chi connectivity index (χ4n) is 3.88. The Bertz CT molecular complexity index is 1070. The van der Waals surface area contributed by atoms with Crippen LogP contribution in [0.25, 0.3) is 0 Å². The number of anilines is 2. The molecule has 1 atom stereocenters. The van der Waals surface area contributed by atoms with Gasteiger partial charge in [0.25, 0.3) is 5.91 Å². The average molecular weight is 418 g/mol. The second-order valence-corrected chi connectivity index (χ2v) is 9.12. The van der Waals surface area contributed by atoms with Gasteiger partial charge in [-0.15, -0.1) is 0 Å². The van der Waals surface area contributed by atoms with Crippen LogP contribution in [0.1, 0.15) is 11.1 Å². The van der Waals surface area contributed by atoms with Gasteiger partial charge in [-0.3, -0.25) is 4.79 Å². The molecule has 1 fully saturated rings. The van der Waals surface area contributed by atoms with E-state index in [1.165, 1.54) is 17.2 Å². The van der Waals surface area contributed by atoms with E-state index in [0.717, 1.165) is 17.8 Å². The van der Waals surface area contributed by atoms with Gasteiger partial charge in [0.2, 0.25) is 10.0 Å². The number of fused-ring (bicyclic) bond motifs is 1. The molecule has 0 bridgehead atoms. The van der Waals surface area contributed by atoms with Crippen molar-refractivity contribution < 1.29 is 17.6 Å². The third kappa shape index (κ3) is 3.79. The van der Waals surface area contributed by atoms with E-state index in [9.17, 15) is 17.6 Å². The van der Waals surface area contributed by atoms with Crippen LogP contribution in [-0.4, -0.2) is 51.6 Å². The molecule has 2 aromatic rings. The quantitative estimate of drug-likeness (QED) is 0.778. The number of benzene rings is 2. The van der Waals surface area contributed by atoms with Gasteiger partial charge in [-0.1, -0.05) is 17.7 Å². The second kappa shape index (κ2) is 7.31. The topological polar surface area (TPSA) is 81.8 Å². The number of nitrogens with one attached hydrogen (secondary N) is 2. The molecular formula is C20H23FN4O3S. The minimum absolute atomic E-state index is 0.0670. The number of hydrogen-bond acceptors (Lipinski definition) is 5. The van der Waals surface area contributed by atoms with E-state index in [0.29, 0.717) is 26.2 Å². The third-order valence-corrected chi connectivity index (χ3v) is 6.82. The summed E-state index contributed by atoms with van der Waals surface area (Å²) in [7, 11) is -3.89. The van der Waals surface area contributed by atoms with Gasteiger partial charge in [0.15, 0.2) is 6.17 Å². The lowest BCUT2D eigenvalue weighted by molar-refractivity contribution is -0.132. The van der Waals surface area contributed by atoms with E-state index in [4.69, 9.17) is 0 Å². The molecule has 0 unspecified atom stereocenters. The van der Waals surface area contributed by atoms with Gasteiger partial charge in [-0.25, -0.2) is 12.8 Å². The predicted molar refractivity (Wildman–Crippen MR) is 109 cm³/mol. The Kier molecular flexibility index (Phi) is 4.95. The summed E-state index contributed by atoms with van der Waals surface area (Å²) in [5, 5.41) is 2.81. The molecule has 2 aromatic carbocycles. The Morgan fingerprint density at radius 2 is 1.79 bits per heavy atom. The molecule has 2 heterocycles. The Morgan fingerprint density at radius 1 is 1.07 bits per heavy atom. The highest BCUT2D eigenvalue weighted by Gasteiger charge is 2.36. The monoisotopic (exact) mass is 418 g/mol. The van der Waals surface area contributed by atoms with Gasteiger partial charge in [0.1, 0.15) is 10.7 Å². The first kappa shape index (κ1) is 19.7. The fourth-order valence-corrected chi connectivity index (χ4v) is 5.13. The van der Waals surface area contributed by atoms with Gasteiger partial charge in [-0.2, -0.15) is 4.72 Å². The Labute approximate surface area is 169 Å². The number of hydrogen-bond donors (Lipinski definition) is 2. The van der Waals surface area contributed by atoms with Crippen molar-refractivity contribution in [2.75, 3.05) is 36.4 Å². The number of carbonyl (C=O) groups excluding carboxylic acids is 1.